The number of ether oxygens (including phenoxy) is 2. The first-order valence-electron chi connectivity index (χ1n) is 9.25. The highest BCUT2D eigenvalue weighted by atomic mass is 16.5. The molecular weight excluding hydrogens is 292 g/mol. The van der Waals surface area contributed by atoms with Crippen molar-refractivity contribution in [2.45, 2.75) is 55.6 Å². The molecular formula is C17H32N4O2. The Morgan fingerprint density at radius 2 is 2.04 bits per heavy atom. The van der Waals surface area contributed by atoms with Crippen LogP contribution in [0.25, 0.3) is 0 Å². The third-order valence-electron chi connectivity index (χ3n) is 6.32. The van der Waals surface area contributed by atoms with Crippen LogP contribution in [-0.4, -0.2) is 86.1 Å². The van der Waals surface area contributed by atoms with Crippen LogP contribution in [0.4, 0.5) is 0 Å². The lowest BCUT2D eigenvalue weighted by atomic mass is 9.81. The van der Waals surface area contributed by atoms with E-state index in [1.54, 1.807) is 0 Å². The maximum Gasteiger partial charge on any atom is 0.0971 e. The number of likely N-dealkylation sites (N-methyl/N-ethyl adjacent to an activating group) is 1. The van der Waals surface area contributed by atoms with E-state index < -0.39 is 0 Å². The number of rotatable bonds is 4. The van der Waals surface area contributed by atoms with Gasteiger partial charge in [0, 0.05) is 51.4 Å². The predicted octanol–water partition coefficient (Wildman–Crippen LogP) is -0.385. The zero-order valence-electron chi connectivity index (χ0n) is 14.3. The molecule has 4 atom stereocenters. The Morgan fingerprint density at radius 3 is 2.70 bits per heavy atom. The van der Waals surface area contributed by atoms with Crippen LogP contribution in [0.15, 0.2) is 0 Å². The van der Waals surface area contributed by atoms with Crippen molar-refractivity contribution < 1.29 is 9.47 Å². The van der Waals surface area contributed by atoms with Crippen molar-refractivity contribution in [1.29, 1.82) is 0 Å². The third kappa shape index (κ3) is 3.17. The SMILES string of the molecule is CN1CC(N)C(OC2CC(CN3CC(N)C4(CCCO4)C3)C2)C1. The van der Waals surface area contributed by atoms with E-state index in [1.165, 1.54) is 12.8 Å². The van der Waals surface area contributed by atoms with Crippen LogP contribution in [0.3, 0.4) is 0 Å². The predicted molar refractivity (Wildman–Crippen MR) is 89.2 cm³/mol. The van der Waals surface area contributed by atoms with Crippen molar-refractivity contribution >= 4 is 0 Å². The standard InChI is InChI=1S/C17H32N4O2/c1-20-8-14(18)15(9-20)23-13-5-12(6-13)7-21-10-16(19)17(11-21)3-2-4-22-17/h12-16H,2-11,18-19H2,1H3. The lowest BCUT2D eigenvalue weighted by Crippen LogP contribution is -2.46. The van der Waals surface area contributed by atoms with Crippen molar-refractivity contribution in [2.75, 3.05) is 46.4 Å². The molecule has 3 aliphatic heterocycles. The van der Waals surface area contributed by atoms with Crippen LogP contribution < -0.4 is 11.5 Å². The smallest absolute Gasteiger partial charge is 0.0971 e. The number of hydrogen-bond acceptors (Lipinski definition) is 6. The van der Waals surface area contributed by atoms with Gasteiger partial charge in [-0.2, -0.15) is 0 Å². The molecule has 0 bridgehead atoms. The molecule has 4 fully saturated rings. The van der Waals surface area contributed by atoms with E-state index in [-0.39, 0.29) is 23.8 Å². The van der Waals surface area contributed by atoms with Crippen LogP contribution in [0.2, 0.25) is 0 Å². The highest BCUT2D eigenvalue weighted by molar-refractivity contribution is 5.04. The van der Waals surface area contributed by atoms with Gasteiger partial charge in [0.1, 0.15) is 0 Å². The van der Waals surface area contributed by atoms with E-state index in [9.17, 15) is 0 Å². The Kier molecular flexibility index (Phi) is 4.41. The Labute approximate surface area is 139 Å². The van der Waals surface area contributed by atoms with Gasteiger partial charge in [0.2, 0.25) is 0 Å². The molecule has 0 aromatic carbocycles. The van der Waals surface area contributed by atoms with Gasteiger partial charge in [-0.05, 0) is 38.6 Å². The molecule has 0 aromatic heterocycles. The second-order valence-corrected chi connectivity index (χ2v) is 8.34. The largest absolute Gasteiger partial charge is 0.372 e. The van der Waals surface area contributed by atoms with Gasteiger partial charge in [0.05, 0.1) is 17.8 Å². The summed E-state index contributed by atoms with van der Waals surface area (Å²) in [6.45, 7) is 5.97. The first kappa shape index (κ1) is 16.2. The summed E-state index contributed by atoms with van der Waals surface area (Å²) in [5.74, 6) is 0.749. The molecule has 0 radical (unpaired) electrons. The van der Waals surface area contributed by atoms with Crippen molar-refractivity contribution in [3.63, 3.8) is 0 Å². The molecule has 132 valence electrons. The van der Waals surface area contributed by atoms with Crippen molar-refractivity contribution in [3.8, 4) is 0 Å². The van der Waals surface area contributed by atoms with Gasteiger partial charge in [0.15, 0.2) is 0 Å². The van der Waals surface area contributed by atoms with Crippen LogP contribution >= 0.6 is 0 Å². The van der Waals surface area contributed by atoms with Gasteiger partial charge in [-0.3, -0.25) is 4.90 Å². The minimum Gasteiger partial charge on any atom is -0.372 e. The summed E-state index contributed by atoms with van der Waals surface area (Å²) < 4.78 is 12.2. The van der Waals surface area contributed by atoms with Gasteiger partial charge < -0.3 is 25.8 Å². The summed E-state index contributed by atoms with van der Waals surface area (Å²) in [6.07, 6.45) is 5.28. The van der Waals surface area contributed by atoms with Crippen molar-refractivity contribution in [1.82, 2.24) is 9.80 Å². The molecule has 23 heavy (non-hydrogen) atoms. The molecule has 1 aliphatic carbocycles. The summed E-state index contributed by atoms with van der Waals surface area (Å²) in [6, 6.07) is 0.360. The van der Waals surface area contributed by atoms with Gasteiger partial charge >= 0.3 is 0 Å². The molecule has 4 N–H and O–H groups in total. The molecule has 3 saturated heterocycles. The zero-order chi connectivity index (χ0) is 16.0. The fourth-order valence-corrected chi connectivity index (χ4v) is 4.97. The molecule has 0 aromatic rings. The minimum absolute atomic E-state index is 0.0408. The monoisotopic (exact) mass is 324 g/mol. The fraction of sp³-hybridized carbons (Fsp3) is 1.00. The van der Waals surface area contributed by atoms with E-state index in [2.05, 4.69) is 16.8 Å². The van der Waals surface area contributed by atoms with Gasteiger partial charge in [-0.25, -0.2) is 0 Å². The van der Waals surface area contributed by atoms with E-state index >= 15 is 0 Å². The molecule has 1 spiro atoms. The van der Waals surface area contributed by atoms with E-state index in [1.807, 2.05) is 0 Å². The maximum atomic E-state index is 6.36. The lowest BCUT2D eigenvalue weighted by molar-refractivity contribution is -0.0801. The summed E-state index contributed by atoms with van der Waals surface area (Å²) in [7, 11) is 2.12. The van der Waals surface area contributed by atoms with Gasteiger partial charge in [-0.15, -0.1) is 0 Å². The molecule has 1 saturated carbocycles. The summed E-state index contributed by atoms with van der Waals surface area (Å²) in [4.78, 5) is 4.78. The Balaban J connectivity index is 1.20. The van der Waals surface area contributed by atoms with Crippen LogP contribution in [0, 0.1) is 5.92 Å². The second-order valence-electron chi connectivity index (χ2n) is 8.34. The van der Waals surface area contributed by atoms with E-state index in [0.717, 1.165) is 58.1 Å². The fourth-order valence-electron chi connectivity index (χ4n) is 4.97. The first-order chi connectivity index (χ1) is 11.0. The number of nitrogens with two attached hydrogens (primary N) is 2. The van der Waals surface area contributed by atoms with Gasteiger partial charge in [0.25, 0.3) is 0 Å². The topological polar surface area (TPSA) is 77.0 Å². The quantitative estimate of drug-likeness (QED) is 0.734. The van der Waals surface area contributed by atoms with E-state index in [4.69, 9.17) is 20.9 Å². The molecule has 4 aliphatic rings. The third-order valence-corrected chi connectivity index (χ3v) is 6.32. The Morgan fingerprint density at radius 1 is 1.22 bits per heavy atom. The molecule has 6 nitrogen and oxygen atoms in total. The maximum absolute atomic E-state index is 6.36. The molecule has 0 amide bonds. The minimum atomic E-state index is -0.0408. The van der Waals surface area contributed by atoms with Crippen molar-refractivity contribution in [3.05, 3.63) is 0 Å². The average Bonchev–Trinajstić information content (AvgIpc) is 3.11. The lowest BCUT2D eigenvalue weighted by Gasteiger charge is -2.39. The molecule has 4 unspecified atom stereocenters. The molecule has 3 heterocycles. The van der Waals surface area contributed by atoms with Crippen molar-refractivity contribution in [2.24, 2.45) is 17.4 Å². The normalized spacial score (nSPS) is 48.4. The first-order valence-corrected chi connectivity index (χ1v) is 9.25. The molecule has 4 rings (SSSR count). The second kappa shape index (κ2) is 6.24. The van der Waals surface area contributed by atoms with Gasteiger partial charge in [-0.1, -0.05) is 0 Å². The number of likely N-dealkylation sites (tertiary alicyclic amines) is 2. The zero-order valence-corrected chi connectivity index (χ0v) is 14.3. The Bertz CT molecular complexity index is 423. The summed E-state index contributed by atoms with van der Waals surface area (Å²) in [5, 5.41) is 0. The number of nitrogens with zero attached hydrogens (tertiary/aromatic N) is 2. The highest BCUT2D eigenvalue weighted by Crippen LogP contribution is 2.37. The molecule has 6 heteroatoms. The van der Waals surface area contributed by atoms with Crippen LogP contribution in [-0.2, 0) is 9.47 Å². The highest BCUT2D eigenvalue weighted by Gasteiger charge is 2.48. The number of hydrogen-bond donors (Lipinski definition) is 2. The Hall–Kier alpha value is -0.240. The average molecular weight is 324 g/mol. The summed E-state index contributed by atoms with van der Waals surface area (Å²) >= 11 is 0. The van der Waals surface area contributed by atoms with Crippen LogP contribution in [0.1, 0.15) is 25.7 Å². The van der Waals surface area contributed by atoms with Crippen LogP contribution in [0.5, 0.6) is 0 Å². The summed E-state index contributed by atoms with van der Waals surface area (Å²) in [5.41, 5.74) is 12.5. The van der Waals surface area contributed by atoms with E-state index in [0.29, 0.717) is 6.10 Å².